The van der Waals surface area contributed by atoms with Crippen LogP contribution in [0, 0.1) is 6.92 Å². The molecule has 0 saturated carbocycles. The van der Waals surface area contributed by atoms with Gasteiger partial charge in [-0.2, -0.15) is 0 Å². The summed E-state index contributed by atoms with van der Waals surface area (Å²) in [5.41, 5.74) is 7.89. The zero-order valence-corrected chi connectivity index (χ0v) is 15.1. The van der Waals surface area contributed by atoms with Gasteiger partial charge < -0.3 is 20.5 Å². The molecule has 0 saturated heterocycles. The van der Waals surface area contributed by atoms with Gasteiger partial charge in [-0.05, 0) is 25.0 Å². The number of carbonyl (C=O) groups excluding carboxylic acids is 1. The lowest BCUT2D eigenvalue weighted by atomic mass is 10.1. The van der Waals surface area contributed by atoms with E-state index in [-0.39, 0.29) is 18.3 Å². The molecule has 0 aliphatic rings. The zero-order chi connectivity index (χ0) is 16.4. The predicted molar refractivity (Wildman–Crippen MR) is 95.1 cm³/mol. The first-order valence-electron chi connectivity index (χ1n) is 7.83. The topological polar surface area (TPSA) is 73.6 Å². The van der Waals surface area contributed by atoms with E-state index in [1.165, 1.54) is 0 Å². The van der Waals surface area contributed by atoms with Crippen LogP contribution in [0.25, 0.3) is 0 Å². The van der Waals surface area contributed by atoms with Crippen LogP contribution in [0.1, 0.15) is 37.3 Å². The lowest BCUT2D eigenvalue weighted by Gasteiger charge is -2.15. The normalized spacial score (nSPS) is 11.5. The molecule has 1 amide bonds. The Labute approximate surface area is 145 Å². The highest BCUT2D eigenvalue weighted by molar-refractivity contribution is 5.85. The Kier molecular flexibility index (Phi) is 11.5. The second-order valence-electron chi connectivity index (χ2n) is 5.42. The minimum absolute atomic E-state index is 0. The smallest absolute Gasteiger partial charge is 0.237 e. The molecule has 1 aromatic rings. The molecular formula is C17H29ClN2O3. The monoisotopic (exact) mass is 344 g/mol. The van der Waals surface area contributed by atoms with Crippen molar-refractivity contribution in [2.75, 3.05) is 20.3 Å². The van der Waals surface area contributed by atoms with Gasteiger partial charge in [0.25, 0.3) is 0 Å². The molecule has 0 aliphatic carbocycles. The molecule has 0 heterocycles. The van der Waals surface area contributed by atoms with E-state index in [2.05, 4.69) is 5.32 Å². The Morgan fingerprint density at radius 2 is 2.09 bits per heavy atom. The molecule has 0 radical (unpaired) electrons. The minimum Gasteiger partial charge on any atom is -0.493 e. The average Bonchev–Trinajstić information content (AvgIpc) is 2.50. The fourth-order valence-corrected chi connectivity index (χ4v) is 2.08. The van der Waals surface area contributed by atoms with Crippen molar-refractivity contribution in [3.63, 3.8) is 0 Å². The van der Waals surface area contributed by atoms with Crippen LogP contribution in [0.3, 0.4) is 0 Å². The van der Waals surface area contributed by atoms with Gasteiger partial charge in [0.05, 0.1) is 12.6 Å². The number of carbonyl (C=O) groups is 1. The van der Waals surface area contributed by atoms with Gasteiger partial charge in [0.2, 0.25) is 5.91 Å². The molecule has 6 heteroatoms. The van der Waals surface area contributed by atoms with Gasteiger partial charge in [-0.1, -0.05) is 25.5 Å². The molecular weight excluding hydrogens is 316 g/mol. The third kappa shape index (κ3) is 8.21. The summed E-state index contributed by atoms with van der Waals surface area (Å²) in [5.74, 6) is 0.688. The second kappa shape index (κ2) is 12.2. The number of nitrogens with one attached hydrogen (secondary N) is 1. The van der Waals surface area contributed by atoms with Crippen LogP contribution in [-0.2, 0) is 16.1 Å². The molecule has 0 bridgehead atoms. The van der Waals surface area contributed by atoms with Crippen molar-refractivity contribution in [1.29, 1.82) is 0 Å². The van der Waals surface area contributed by atoms with Crippen molar-refractivity contribution >= 4 is 18.3 Å². The summed E-state index contributed by atoms with van der Waals surface area (Å²) in [4.78, 5) is 11.9. The van der Waals surface area contributed by atoms with Crippen LogP contribution < -0.4 is 15.8 Å². The van der Waals surface area contributed by atoms with Gasteiger partial charge in [-0.15, -0.1) is 12.4 Å². The van der Waals surface area contributed by atoms with Gasteiger partial charge >= 0.3 is 0 Å². The van der Waals surface area contributed by atoms with E-state index in [0.29, 0.717) is 26.2 Å². The van der Waals surface area contributed by atoms with Crippen LogP contribution in [0.5, 0.6) is 5.75 Å². The first-order valence-corrected chi connectivity index (χ1v) is 7.83. The molecule has 132 valence electrons. The predicted octanol–water partition coefficient (Wildman–Crippen LogP) is 2.58. The van der Waals surface area contributed by atoms with Crippen LogP contribution in [0.2, 0.25) is 0 Å². The summed E-state index contributed by atoms with van der Waals surface area (Å²) in [5, 5.41) is 2.88. The van der Waals surface area contributed by atoms with E-state index >= 15 is 0 Å². The van der Waals surface area contributed by atoms with Gasteiger partial charge in [-0.25, -0.2) is 0 Å². The van der Waals surface area contributed by atoms with Gasteiger partial charge in [-0.3, -0.25) is 4.79 Å². The number of rotatable bonds is 10. The van der Waals surface area contributed by atoms with Crippen LogP contribution >= 0.6 is 12.4 Å². The van der Waals surface area contributed by atoms with Crippen molar-refractivity contribution in [1.82, 2.24) is 5.32 Å². The van der Waals surface area contributed by atoms with E-state index in [1.807, 2.05) is 32.0 Å². The zero-order valence-electron chi connectivity index (χ0n) is 14.3. The Bertz CT molecular complexity index is 469. The lowest BCUT2D eigenvalue weighted by molar-refractivity contribution is -0.122. The Morgan fingerprint density at radius 3 is 2.74 bits per heavy atom. The quantitative estimate of drug-likeness (QED) is 0.640. The fraction of sp³-hybridized carbons (Fsp3) is 0.588. The molecule has 23 heavy (non-hydrogen) atoms. The van der Waals surface area contributed by atoms with Crippen molar-refractivity contribution in [2.24, 2.45) is 5.73 Å². The first kappa shape index (κ1) is 21.7. The van der Waals surface area contributed by atoms with Crippen LogP contribution in [-0.4, -0.2) is 32.3 Å². The van der Waals surface area contributed by atoms with Crippen molar-refractivity contribution in [2.45, 2.75) is 45.7 Å². The van der Waals surface area contributed by atoms with E-state index in [1.54, 1.807) is 7.11 Å². The molecule has 0 aromatic heterocycles. The maximum atomic E-state index is 11.9. The lowest BCUT2D eigenvalue weighted by Crippen LogP contribution is -2.40. The molecule has 0 spiro atoms. The Hall–Kier alpha value is -1.30. The van der Waals surface area contributed by atoms with Crippen LogP contribution in [0.15, 0.2) is 18.2 Å². The average molecular weight is 345 g/mol. The number of aryl methyl sites for hydroxylation is 1. The van der Waals surface area contributed by atoms with Gasteiger partial charge in [0, 0.05) is 32.2 Å². The molecule has 1 aromatic carbocycles. The van der Waals surface area contributed by atoms with Crippen molar-refractivity contribution < 1.29 is 14.3 Å². The third-order valence-electron chi connectivity index (χ3n) is 3.36. The van der Waals surface area contributed by atoms with Crippen molar-refractivity contribution in [3.8, 4) is 5.75 Å². The summed E-state index contributed by atoms with van der Waals surface area (Å²) in [6.07, 6.45) is 2.42. The maximum absolute atomic E-state index is 11.9. The summed E-state index contributed by atoms with van der Waals surface area (Å²) in [6.45, 7) is 5.72. The molecule has 3 N–H and O–H groups in total. The van der Waals surface area contributed by atoms with E-state index in [9.17, 15) is 4.79 Å². The highest BCUT2D eigenvalue weighted by Crippen LogP contribution is 2.20. The SMILES string of the molecule is CCCC(N)C(=O)NCc1ccc(C)cc1OCCCOC.Cl. The van der Waals surface area contributed by atoms with E-state index < -0.39 is 6.04 Å². The number of amides is 1. The molecule has 0 fully saturated rings. The highest BCUT2D eigenvalue weighted by atomic mass is 35.5. The standard InChI is InChI=1S/C17H28N2O3.ClH/c1-4-6-15(18)17(20)19-12-14-8-7-13(2)11-16(14)22-10-5-9-21-3;/h7-8,11,15H,4-6,9-10,12,18H2,1-3H3,(H,19,20);1H. The van der Waals surface area contributed by atoms with Gasteiger partial charge in [0.15, 0.2) is 0 Å². The summed E-state index contributed by atoms with van der Waals surface area (Å²) in [7, 11) is 1.67. The minimum atomic E-state index is -0.443. The number of hydrogen-bond acceptors (Lipinski definition) is 4. The molecule has 0 aliphatic heterocycles. The van der Waals surface area contributed by atoms with E-state index in [4.69, 9.17) is 15.2 Å². The third-order valence-corrected chi connectivity index (χ3v) is 3.36. The molecule has 5 nitrogen and oxygen atoms in total. The number of halogens is 1. The van der Waals surface area contributed by atoms with Gasteiger partial charge in [0.1, 0.15) is 5.75 Å². The number of ether oxygens (including phenoxy) is 2. The van der Waals surface area contributed by atoms with Crippen LogP contribution in [0.4, 0.5) is 0 Å². The second-order valence-corrected chi connectivity index (χ2v) is 5.42. The molecule has 1 atom stereocenters. The molecule has 1 rings (SSSR count). The Morgan fingerprint density at radius 1 is 1.35 bits per heavy atom. The Balaban J connectivity index is 0.00000484. The summed E-state index contributed by atoms with van der Waals surface area (Å²) >= 11 is 0. The highest BCUT2D eigenvalue weighted by Gasteiger charge is 2.13. The number of nitrogens with two attached hydrogens (primary N) is 1. The van der Waals surface area contributed by atoms with Crippen molar-refractivity contribution in [3.05, 3.63) is 29.3 Å². The summed E-state index contributed by atoms with van der Waals surface area (Å²) in [6, 6.07) is 5.53. The largest absolute Gasteiger partial charge is 0.493 e. The fourth-order valence-electron chi connectivity index (χ4n) is 2.08. The molecule has 1 unspecified atom stereocenters. The van der Waals surface area contributed by atoms with E-state index in [0.717, 1.165) is 29.7 Å². The first-order chi connectivity index (χ1) is 10.6. The maximum Gasteiger partial charge on any atom is 0.237 e. The number of benzene rings is 1. The number of hydrogen-bond donors (Lipinski definition) is 2. The summed E-state index contributed by atoms with van der Waals surface area (Å²) < 4.78 is 10.8. The number of methoxy groups -OCH3 is 1.